The van der Waals surface area contributed by atoms with E-state index in [1.807, 2.05) is 0 Å². The van der Waals surface area contributed by atoms with Gasteiger partial charge in [0.05, 0.1) is 15.6 Å². The maximum Gasteiger partial charge on any atom is 0.310 e. The molecule has 0 saturated heterocycles. The minimum absolute atomic E-state index is 0.292. The zero-order valence-electron chi connectivity index (χ0n) is 10.1. The third-order valence-corrected chi connectivity index (χ3v) is 4.48. The van der Waals surface area contributed by atoms with E-state index in [0.717, 1.165) is 22.5 Å². The molecule has 1 aliphatic rings. The van der Waals surface area contributed by atoms with Crippen molar-refractivity contribution in [2.45, 2.75) is 19.4 Å². The SMILES string of the molecule is O=C(O)C1(CNCc2nc3cc(F)ccc3s2)CC1. The molecule has 100 valence electrons. The largest absolute Gasteiger partial charge is 0.481 e. The standard InChI is InChI=1S/C13H13FN2O2S/c14-8-1-2-10-9(5-8)16-11(19-10)6-15-7-13(3-4-13)12(17)18/h1-2,5,15H,3-4,6-7H2,(H,17,18). The summed E-state index contributed by atoms with van der Waals surface area (Å²) in [5.41, 5.74) is 0.0872. The average Bonchev–Trinajstić information content (AvgIpc) is 3.04. The summed E-state index contributed by atoms with van der Waals surface area (Å²) < 4.78 is 14.0. The Morgan fingerprint density at radius 1 is 1.53 bits per heavy atom. The quantitative estimate of drug-likeness (QED) is 0.882. The van der Waals surface area contributed by atoms with E-state index in [0.29, 0.717) is 18.6 Å². The fourth-order valence-electron chi connectivity index (χ4n) is 2.05. The molecule has 19 heavy (non-hydrogen) atoms. The van der Waals surface area contributed by atoms with Crippen LogP contribution in [0, 0.1) is 11.2 Å². The molecule has 1 saturated carbocycles. The number of nitrogens with zero attached hydrogens (tertiary/aromatic N) is 1. The molecule has 1 fully saturated rings. The van der Waals surface area contributed by atoms with Crippen molar-refractivity contribution in [2.75, 3.05) is 6.54 Å². The second-order valence-electron chi connectivity index (χ2n) is 4.91. The van der Waals surface area contributed by atoms with Crippen molar-refractivity contribution < 1.29 is 14.3 Å². The third kappa shape index (κ3) is 2.46. The number of thiazole rings is 1. The minimum Gasteiger partial charge on any atom is -0.481 e. The lowest BCUT2D eigenvalue weighted by atomic mass is 10.1. The van der Waals surface area contributed by atoms with Gasteiger partial charge < -0.3 is 10.4 Å². The first-order valence-corrected chi connectivity index (χ1v) is 6.90. The molecule has 1 aromatic carbocycles. The highest BCUT2D eigenvalue weighted by Crippen LogP contribution is 2.45. The number of benzene rings is 1. The van der Waals surface area contributed by atoms with Crippen LogP contribution in [0.4, 0.5) is 4.39 Å². The molecule has 0 aliphatic heterocycles. The summed E-state index contributed by atoms with van der Waals surface area (Å²) in [6, 6.07) is 4.54. The van der Waals surface area contributed by atoms with E-state index in [-0.39, 0.29) is 5.82 Å². The molecule has 1 aromatic heterocycles. The van der Waals surface area contributed by atoms with Crippen LogP contribution in [0.3, 0.4) is 0 Å². The summed E-state index contributed by atoms with van der Waals surface area (Å²) in [6.07, 6.45) is 1.47. The van der Waals surface area contributed by atoms with Crippen molar-refractivity contribution in [1.29, 1.82) is 0 Å². The lowest BCUT2D eigenvalue weighted by molar-refractivity contribution is -0.143. The van der Waals surface area contributed by atoms with Crippen molar-refractivity contribution in [3.63, 3.8) is 0 Å². The van der Waals surface area contributed by atoms with E-state index in [1.54, 1.807) is 6.07 Å². The fraction of sp³-hybridized carbons (Fsp3) is 0.385. The topological polar surface area (TPSA) is 62.2 Å². The van der Waals surface area contributed by atoms with Gasteiger partial charge in [0.2, 0.25) is 0 Å². The summed E-state index contributed by atoms with van der Waals surface area (Å²) in [5, 5.41) is 13.0. The Balaban J connectivity index is 1.64. The van der Waals surface area contributed by atoms with Crippen molar-refractivity contribution in [1.82, 2.24) is 10.3 Å². The molecule has 0 amide bonds. The van der Waals surface area contributed by atoms with Gasteiger partial charge in [-0.25, -0.2) is 9.37 Å². The highest BCUT2D eigenvalue weighted by atomic mass is 32.1. The summed E-state index contributed by atoms with van der Waals surface area (Å²) in [6.45, 7) is 0.989. The Morgan fingerprint density at radius 3 is 3.00 bits per heavy atom. The molecule has 0 spiro atoms. The van der Waals surface area contributed by atoms with E-state index in [2.05, 4.69) is 10.3 Å². The molecule has 2 N–H and O–H groups in total. The van der Waals surface area contributed by atoms with E-state index < -0.39 is 11.4 Å². The molecule has 0 atom stereocenters. The lowest BCUT2D eigenvalue weighted by Gasteiger charge is -2.09. The number of carboxylic acids is 1. The van der Waals surface area contributed by atoms with E-state index in [1.165, 1.54) is 23.5 Å². The zero-order valence-corrected chi connectivity index (χ0v) is 11.0. The number of nitrogens with one attached hydrogen (secondary N) is 1. The van der Waals surface area contributed by atoms with Crippen LogP contribution in [0.1, 0.15) is 17.8 Å². The van der Waals surface area contributed by atoms with Gasteiger partial charge in [-0.15, -0.1) is 11.3 Å². The van der Waals surface area contributed by atoms with Crippen molar-refractivity contribution in [2.24, 2.45) is 5.41 Å². The fourth-order valence-corrected chi connectivity index (χ4v) is 2.97. The highest BCUT2D eigenvalue weighted by molar-refractivity contribution is 7.18. The van der Waals surface area contributed by atoms with Crippen LogP contribution >= 0.6 is 11.3 Å². The van der Waals surface area contributed by atoms with Crippen LogP contribution < -0.4 is 5.32 Å². The Labute approximate surface area is 113 Å². The van der Waals surface area contributed by atoms with Crippen LogP contribution in [0.15, 0.2) is 18.2 Å². The Morgan fingerprint density at radius 2 is 2.32 bits per heavy atom. The number of carbonyl (C=O) groups is 1. The Hall–Kier alpha value is -1.53. The van der Waals surface area contributed by atoms with Gasteiger partial charge in [0, 0.05) is 19.2 Å². The molecular weight excluding hydrogens is 267 g/mol. The predicted octanol–water partition coefficient (Wildman–Crippen LogP) is 2.39. The van der Waals surface area contributed by atoms with Gasteiger partial charge in [-0.3, -0.25) is 4.79 Å². The predicted molar refractivity (Wildman–Crippen MR) is 70.6 cm³/mol. The highest BCUT2D eigenvalue weighted by Gasteiger charge is 2.49. The van der Waals surface area contributed by atoms with E-state index >= 15 is 0 Å². The number of aromatic nitrogens is 1. The number of carboxylic acid groups (broad SMARTS) is 1. The molecule has 0 bridgehead atoms. The second-order valence-corrected chi connectivity index (χ2v) is 6.02. The van der Waals surface area contributed by atoms with Gasteiger partial charge in [0.25, 0.3) is 0 Å². The number of aliphatic carboxylic acids is 1. The van der Waals surface area contributed by atoms with Crippen LogP contribution in [-0.2, 0) is 11.3 Å². The first-order chi connectivity index (χ1) is 9.09. The Kier molecular flexibility index (Phi) is 2.99. The number of hydrogen-bond donors (Lipinski definition) is 2. The van der Waals surface area contributed by atoms with Crippen molar-refractivity contribution >= 4 is 27.5 Å². The van der Waals surface area contributed by atoms with E-state index in [4.69, 9.17) is 5.11 Å². The van der Waals surface area contributed by atoms with Crippen LogP contribution in [0.25, 0.3) is 10.2 Å². The molecule has 6 heteroatoms. The number of fused-ring (bicyclic) bond motifs is 1. The normalized spacial score (nSPS) is 16.7. The lowest BCUT2D eigenvalue weighted by Crippen LogP contribution is -2.29. The average molecular weight is 280 g/mol. The van der Waals surface area contributed by atoms with Crippen LogP contribution in [0.2, 0.25) is 0 Å². The summed E-state index contributed by atoms with van der Waals surface area (Å²) in [7, 11) is 0. The first kappa shape index (κ1) is 12.5. The number of hydrogen-bond acceptors (Lipinski definition) is 4. The van der Waals surface area contributed by atoms with Gasteiger partial charge in [0.15, 0.2) is 0 Å². The van der Waals surface area contributed by atoms with Crippen LogP contribution in [0.5, 0.6) is 0 Å². The summed E-state index contributed by atoms with van der Waals surface area (Å²) in [5.74, 6) is -1.02. The molecule has 2 aromatic rings. The van der Waals surface area contributed by atoms with Gasteiger partial charge in [-0.05, 0) is 25.0 Å². The van der Waals surface area contributed by atoms with Gasteiger partial charge >= 0.3 is 5.97 Å². The molecule has 0 unspecified atom stereocenters. The number of rotatable bonds is 5. The Bertz CT molecular complexity index is 637. The molecule has 3 rings (SSSR count). The van der Waals surface area contributed by atoms with E-state index in [9.17, 15) is 9.18 Å². The second kappa shape index (κ2) is 4.54. The van der Waals surface area contributed by atoms with Crippen LogP contribution in [-0.4, -0.2) is 22.6 Å². The molecular formula is C13H13FN2O2S. The van der Waals surface area contributed by atoms with Crippen molar-refractivity contribution in [3.8, 4) is 0 Å². The van der Waals surface area contributed by atoms with Crippen molar-refractivity contribution in [3.05, 3.63) is 29.0 Å². The summed E-state index contributed by atoms with van der Waals surface area (Å²) >= 11 is 1.50. The molecule has 4 nitrogen and oxygen atoms in total. The maximum absolute atomic E-state index is 13.0. The molecule has 0 radical (unpaired) electrons. The van der Waals surface area contributed by atoms with Gasteiger partial charge in [0.1, 0.15) is 10.8 Å². The summed E-state index contributed by atoms with van der Waals surface area (Å²) in [4.78, 5) is 15.3. The van der Waals surface area contributed by atoms with Gasteiger partial charge in [-0.2, -0.15) is 0 Å². The van der Waals surface area contributed by atoms with Gasteiger partial charge in [-0.1, -0.05) is 0 Å². The number of halogens is 1. The molecule has 1 heterocycles. The smallest absolute Gasteiger partial charge is 0.310 e. The third-order valence-electron chi connectivity index (χ3n) is 3.44. The minimum atomic E-state index is -0.730. The maximum atomic E-state index is 13.0. The monoisotopic (exact) mass is 280 g/mol. The first-order valence-electron chi connectivity index (χ1n) is 6.08. The molecule has 1 aliphatic carbocycles. The zero-order chi connectivity index (χ0) is 13.5.